The zero-order chi connectivity index (χ0) is 19.0. The van der Waals surface area contributed by atoms with Crippen LogP contribution in [0, 0.1) is 6.92 Å². The Morgan fingerprint density at radius 2 is 1.92 bits per heavy atom. The number of rotatable bonds is 4. The second-order valence-corrected chi connectivity index (χ2v) is 8.05. The van der Waals surface area contributed by atoms with Crippen LogP contribution in [0.1, 0.15) is 51.3 Å². The Balaban J connectivity index is 2.12. The van der Waals surface area contributed by atoms with Crippen molar-refractivity contribution in [3.63, 3.8) is 0 Å². The summed E-state index contributed by atoms with van der Waals surface area (Å²) >= 11 is 1.48. The van der Waals surface area contributed by atoms with Gasteiger partial charge in [-0.15, -0.1) is 0 Å². The number of aryl methyl sites for hydroxylation is 1. The second-order valence-electron chi connectivity index (χ2n) is 6.88. The van der Waals surface area contributed by atoms with E-state index in [2.05, 4.69) is 4.99 Å². The van der Waals surface area contributed by atoms with Crippen LogP contribution in [0.3, 0.4) is 0 Å². The highest BCUT2D eigenvalue weighted by atomic mass is 32.2. The summed E-state index contributed by atoms with van der Waals surface area (Å²) in [6, 6.07) is 7.43. The average molecular weight is 372 g/mol. The van der Waals surface area contributed by atoms with Crippen molar-refractivity contribution in [2.75, 3.05) is 0 Å². The van der Waals surface area contributed by atoms with E-state index in [0.717, 1.165) is 17.5 Å². The van der Waals surface area contributed by atoms with Crippen molar-refractivity contribution in [1.29, 1.82) is 0 Å². The van der Waals surface area contributed by atoms with Crippen molar-refractivity contribution in [3.05, 3.63) is 46.7 Å². The SMILES string of the molecule is CCC1SC2=NC(C)=C(C(=O)OC(C)C)C(c3ccc(C)cc3)N2C1=O. The highest BCUT2D eigenvalue weighted by molar-refractivity contribution is 8.15. The molecule has 0 N–H and O–H groups in total. The van der Waals surface area contributed by atoms with Crippen LogP contribution in [0.2, 0.25) is 0 Å². The Morgan fingerprint density at radius 1 is 1.27 bits per heavy atom. The number of amidine groups is 1. The molecule has 3 rings (SSSR count). The fourth-order valence-corrected chi connectivity index (χ4v) is 4.33. The number of nitrogens with zero attached hydrogens (tertiary/aromatic N) is 2. The first-order valence-electron chi connectivity index (χ1n) is 8.90. The van der Waals surface area contributed by atoms with Gasteiger partial charge in [0.25, 0.3) is 0 Å². The predicted molar refractivity (Wildman–Crippen MR) is 104 cm³/mol. The standard InChI is InChI=1S/C20H24N2O3S/c1-6-15-18(23)22-17(14-9-7-12(4)8-10-14)16(19(24)25-11(2)3)13(5)21-20(22)26-15/h7-11,15,17H,6H2,1-5H3. The molecule has 0 radical (unpaired) electrons. The van der Waals surface area contributed by atoms with Crippen molar-refractivity contribution in [3.8, 4) is 0 Å². The number of ether oxygens (including phenoxy) is 1. The lowest BCUT2D eigenvalue weighted by molar-refractivity contribution is -0.143. The fraction of sp³-hybridized carbons (Fsp3) is 0.450. The van der Waals surface area contributed by atoms with Gasteiger partial charge >= 0.3 is 5.97 Å². The van der Waals surface area contributed by atoms with Gasteiger partial charge in [-0.3, -0.25) is 9.69 Å². The summed E-state index contributed by atoms with van der Waals surface area (Å²) in [5.41, 5.74) is 3.07. The zero-order valence-electron chi connectivity index (χ0n) is 15.8. The summed E-state index contributed by atoms with van der Waals surface area (Å²) in [6.07, 6.45) is 0.490. The Morgan fingerprint density at radius 3 is 2.50 bits per heavy atom. The third-order valence-electron chi connectivity index (χ3n) is 4.48. The number of amides is 1. The number of hydrogen-bond donors (Lipinski definition) is 0. The summed E-state index contributed by atoms with van der Waals surface area (Å²) in [5, 5.41) is 0.515. The van der Waals surface area contributed by atoms with Gasteiger partial charge in [0.1, 0.15) is 0 Å². The molecule has 0 spiro atoms. The minimum Gasteiger partial charge on any atom is -0.459 e. The van der Waals surface area contributed by atoms with Gasteiger partial charge < -0.3 is 4.74 Å². The topological polar surface area (TPSA) is 59.0 Å². The minimum atomic E-state index is -0.495. The Kier molecular flexibility index (Phi) is 5.23. The first kappa shape index (κ1) is 18.7. The van der Waals surface area contributed by atoms with Gasteiger partial charge in [0.2, 0.25) is 5.91 Å². The van der Waals surface area contributed by atoms with Crippen molar-refractivity contribution in [2.24, 2.45) is 4.99 Å². The highest BCUT2D eigenvalue weighted by Gasteiger charge is 2.47. The number of benzene rings is 1. The maximum atomic E-state index is 13.0. The van der Waals surface area contributed by atoms with Gasteiger partial charge in [-0.05, 0) is 39.7 Å². The van der Waals surface area contributed by atoms with Gasteiger partial charge in [-0.25, -0.2) is 9.79 Å². The molecule has 0 aliphatic carbocycles. The van der Waals surface area contributed by atoms with Crippen LogP contribution >= 0.6 is 11.8 Å². The molecule has 0 aromatic heterocycles. The van der Waals surface area contributed by atoms with E-state index in [4.69, 9.17) is 4.74 Å². The third-order valence-corrected chi connectivity index (χ3v) is 5.80. The van der Waals surface area contributed by atoms with Crippen LogP contribution in [0.15, 0.2) is 40.5 Å². The summed E-state index contributed by atoms with van der Waals surface area (Å²) in [7, 11) is 0. The first-order valence-corrected chi connectivity index (χ1v) is 9.78. The lowest BCUT2D eigenvalue weighted by atomic mass is 9.93. The molecule has 138 valence electrons. The largest absolute Gasteiger partial charge is 0.459 e. The number of carbonyl (C=O) groups is 2. The number of fused-ring (bicyclic) bond motifs is 1. The molecule has 2 heterocycles. The molecule has 2 atom stereocenters. The number of thioether (sulfide) groups is 1. The number of esters is 1. The summed E-state index contributed by atoms with van der Waals surface area (Å²) < 4.78 is 5.46. The van der Waals surface area contributed by atoms with Gasteiger partial charge in [0.05, 0.1) is 28.7 Å². The smallest absolute Gasteiger partial charge is 0.338 e. The maximum absolute atomic E-state index is 13.0. The van der Waals surface area contributed by atoms with Gasteiger partial charge in [0.15, 0.2) is 5.17 Å². The van der Waals surface area contributed by atoms with E-state index in [9.17, 15) is 9.59 Å². The highest BCUT2D eigenvalue weighted by Crippen LogP contribution is 2.44. The van der Waals surface area contributed by atoms with Crippen LogP contribution in [0.25, 0.3) is 0 Å². The Bertz CT molecular complexity index is 796. The number of allylic oxidation sites excluding steroid dienone is 1. The fourth-order valence-electron chi connectivity index (χ4n) is 3.19. The van der Waals surface area contributed by atoms with Crippen molar-refractivity contribution >= 4 is 28.8 Å². The van der Waals surface area contributed by atoms with Crippen LogP contribution in [-0.4, -0.2) is 33.3 Å². The van der Waals surface area contributed by atoms with E-state index in [1.165, 1.54) is 11.8 Å². The molecule has 0 bridgehead atoms. The molecule has 26 heavy (non-hydrogen) atoms. The minimum absolute atomic E-state index is 0.00386. The first-order chi connectivity index (χ1) is 12.3. The molecule has 1 amide bonds. The molecule has 2 unspecified atom stereocenters. The lowest BCUT2D eigenvalue weighted by Crippen LogP contribution is -2.41. The van der Waals surface area contributed by atoms with E-state index in [1.54, 1.807) is 4.90 Å². The molecular weight excluding hydrogens is 348 g/mol. The van der Waals surface area contributed by atoms with Gasteiger partial charge in [0, 0.05) is 0 Å². The average Bonchev–Trinajstić information content (AvgIpc) is 2.89. The number of carbonyl (C=O) groups excluding carboxylic acids is 2. The molecule has 2 aliphatic heterocycles. The monoisotopic (exact) mass is 372 g/mol. The molecule has 1 saturated heterocycles. The van der Waals surface area contributed by atoms with E-state index in [-0.39, 0.29) is 17.3 Å². The summed E-state index contributed by atoms with van der Waals surface area (Å²) in [4.78, 5) is 32.0. The summed E-state index contributed by atoms with van der Waals surface area (Å²) in [6.45, 7) is 9.44. The van der Waals surface area contributed by atoms with E-state index in [0.29, 0.717) is 16.4 Å². The molecule has 1 aromatic rings. The van der Waals surface area contributed by atoms with Crippen molar-refractivity contribution < 1.29 is 14.3 Å². The summed E-state index contributed by atoms with van der Waals surface area (Å²) in [5.74, 6) is -0.409. The van der Waals surface area contributed by atoms with E-state index < -0.39 is 12.0 Å². The molecule has 5 nitrogen and oxygen atoms in total. The molecule has 6 heteroatoms. The van der Waals surface area contributed by atoms with Crippen LogP contribution < -0.4 is 0 Å². The van der Waals surface area contributed by atoms with Crippen LogP contribution in [0.5, 0.6) is 0 Å². The van der Waals surface area contributed by atoms with Gasteiger partial charge in [-0.1, -0.05) is 48.5 Å². The number of aliphatic imine (C=N–C) groups is 1. The maximum Gasteiger partial charge on any atom is 0.338 e. The Hall–Kier alpha value is -2.08. The molecule has 0 saturated carbocycles. The van der Waals surface area contributed by atoms with Crippen molar-refractivity contribution in [1.82, 2.24) is 4.90 Å². The van der Waals surface area contributed by atoms with Gasteiger partial charge in [-0.2, -0.15) is 0 Å². The molecule has 2 aliphatic rings. The van der Waals surface area contributed by atoms with Crippen LogP contribution in [0.4, 0.5) is 0 Å². The molecular formula is C20H24N2O3S. The van der Waals surface area contributed by atoms with Crippen molar-refractivity contribution in [2.45, 2.75) is 58.4 Å². The normalized spacial score (nSPS) is 22.6. The van der Waals surface area contributed by atoms with Crippen LogP contribution in [-0.2, 0) is 14.3 Å². The van der Waals surface area contributed by atoms with E-state index in [1.807, 2.05) is 58.9 Å². The quantitative estimate of drug-likeness (QED) is 0.750. The Labute approximate surface area is 158 Å². The second kappa shape index (κ2) is 7.27. The molecule has 1 fully saturated rings. The lowest BCUT2D eigenvalue weighted by Gasteiger charge is -2.33. The third kappa shape index (κ3) is 3.30. The number of hydrogen-bond acceptors (Lipinski definition) is 5. The van der Waals surface area contributed by atoms with E-state index >= 15 is 0 Å². The predicted octanol–water partition coefficient (Wildman–Crippen LogP) is 3.99. The molecule has 1 aromatic carbocycles. The zero-order valence-corrected chi connectivity index (χ0v) is 16.6.